The summed E-state index contributed by atoms with van der Waals surface area (Å²) in [7, 11) is 0. The van der Waals surface area contributed by atoms with Crippen molar-refractivity contribution in [2.75, 3.05) is 31.1 Å². The molecule has 0 unspecified atom stereocenters. The molecule has 3 rings (SSSR count). The van der Waals surface area contributed by atoms with Crippen LogP contribution in [-0.4, -0.2) is 41.0 Å². The molecule has 0 saturated carbocycles. The number of rotatable bonds is 4. The molecule has 1 fully saturated rings. The summed E-state index contributed by atoms with van der Waals surface area (Å²) >= 11 is 0. The fourth-order valence-corrected chi connectivity index (χ4v) is 2.65. The highest BCUT2D eigenvalue weighted by atomic mass is 16.3. The van der Waals surface area contributed by atoms with Gasteiger partial charge < -0.3 is 15.1 Å². The van der Waals surface area contributed by atoms with Crippen molar-refractivity contribution in [3.8, 4) is 0 Å². The molecule has 6 nitrogen and oxygen atoms in total. The standard InChI is InChI=1S/C15H21N5O/c1-12-13(9-14(10-16)21-12)11-19-5-7-20(8-6-19)15-17-3-2-4-18-15/h2-4,9H,5-8,10-11,16H2,1H3. The zero-order chi connectivity index (χ0) is 14.7. The Labute approximate surface area is 124 Å². The van der Waals surface area contributed by atoms with Crippen molar-refractivity contribution < 1.29 is 4.42 Å². The Hall–Kier alpha value is -1.92. The highest BCUT2D eigenvalue weighted by Gasteiger charge is 2.20. The summed E-state index contributed by atoms with van der Waals surface area (Å²) in [5.74, 6) is 2.66. The summed E-state index contributed by atoms with van der Waals surface area (Å²) in [5, 5.41) is 0. The highest BCUT2D eigenvalue weighted by Crippen LogP contribution is 2.18. The number of hydrogen-bond acceptors (Lipinski definition) is 6. The van der Waals surface area contributed by atoms with Crippen LogP contribution in [0.5, 0.6) is 0 Å². The molecule has 0 aromatic carbocycles. The maximum absolute atomic E-state index is 5.62. The van der Waals surface area contributed by atoms with Gasteiger partial charge in [0.2, 0.25) is 5.95 Å². The molecule has 0 aliphatic carbocycles. The predicted octanol–water partition coefficient (Wildman–Crippen LogP) is 1.16. The van der Waals surface area contributed by atoms with E-state index < -0.39 is 0 Å². The Morgan fingerprint density at radius 1 is 1.19 bits per heavy atom. The summed E-state index contributed by atoms with van der Waals surface area (Å²) < 4.78 is 5.61. The number of aromatic nitrogens is 2. The Bertz CT molecular complexity index is 575. The van der Waals surface area contributed by atoms with Crippen LogP contribution in [0.15, 0.2) is 28.9 Å². The van der Waals surface area contributed by atoms with Gasteiger partial charge in [0.1, 0.15) is 11.5 Å². The molecule has 21 heavy (non-hydrogen) atoms. The fraction of sp³-hybridized carbons (Fsp3) is 0.467. The molecule has 2 aromatic heterocycles. The van der Waals surface area contributed by atoms with E-state index in [0.29, 0.717) is 6.54 Å². The van der Waals surface area contributed by atoms with E-state index in [-0.39, 0.29) is 0 Å². The van der Waals surface area contributed by atoms with Gasteiger partial charge in [-0.2, -0.15) is 0 Å². The van der Waals surface area contributed by atoms with Gasteiger partial charge in [0.15, 0.2) is 0 Å². The number of aryl methyl sites for hydroxylation is 1. The summed E-state index contributed by atoms with van der Waals surface area (Å²) in [6.07, 6.45) is 3.58. The third-order valence-corrected chi connectivity index (χ3v) is 3.87. The predicted molar refractivity (Wildman–Crippen MR) is 80.9 cm³/mol. The van der Waals surface area contributed by atoms with Gasteiger partial charge in [-0.1, -0.05) is 0 Å². The molecule has 1 aliphatic heterocycles. The summed E-state index contributed by atoms with van der Waals surface area (Å²) in [6, 6.07) is 3.92. The number of nitrogens with zero attached hydrogens (tertiary/aromatic N) is 4. The van der Waals surface area contributed by atoms with Crippen LogP contribution in [0.1, 0.15) is 17.1 Å². The summed E-state index contributed by atoms with van der Waals surface area (Å²) in [6.45, 7) is 7.28. The van der Waals surface area contributed by atoms with Crippen molar-refractivity contribution in [3.63, 3.8) is 0 Å². The molecule has 112 valence electrons. The van der Waals surface area contributed by atoms with E-state index >= 15 is 0 Å². The van der Waals surface area contributed by atoms with Gasteiger partial charge in [-0.25, -0.2) is 9.97 Å². The van der Waals surface area contributed by atoms with Crippen LogP contribution in [0.2, 0.25) is 0 Å². The summed E-state index contributed by atoms with van der Waals surface area (Å²) in [5.41, 5.74) is 6.86. The summed E-state index contributed by atoms with van der Waals surface area (Å²) in [4.78, 5) is 13.3. The largest absolute Gasteiger partial charge is 0.465 e. The van der Waals surface area contributed by atoms with Crippen LogP contribution in [0, 0.1) is 6.92 Å². The molecule has 1 aliphatic rings. The minimum atomic E-state index is 0.458. The monoisotopic (exact) mass is 287 g/mol. The number of piperazine rings is 1. The first kappa shape index (κ1) is 14.0. The molecule has 6 heteroatoms. The van der Waals surface area contributed by atoms with Crippen molar-refractivity contribution in [1.82, 2.24) is 14.9 Å². The van der Waals surface area contributed by atoms with Crippen LogP contribution < -0.4 is 10.6 Å². The van der Waals surface area contributed by atoms with E-state index in [1.807, 2.05) is 13.0 Å². The Morgan fingerprint density at radius 3 is 2.52 bits per heavy atom. The Balaban J connectivity index is 1.57. The first-order valence-electron chi connectivity index (χ1n) is 7.29. The van der Waals surface area contributed by atoms with Gasteiger partial charge >= 0.3 is 0 Å². The normalized spacial score (nSPS) is 16.4. The van der Waals surface area contributed by atoms with Crippen LogP contribution in [0.3, 0.4) is 0 Å². The molecule has 0 radical (unpaired) electrons. The SMILES string of the molecule is Cc1oc(CN)cc1CN1CCN(c2ncccn2)CC1. The van der Waals surface area contributed by atoms with Crippen LogP contribution in [0.4, 0.5) is 5.95 Å². The first-order chi connectivity index (χ1) is 10.3. The smallest absolute Gasteiger partial charge is 0.225 e. The second-order valence-electron chi connectivity index (χ2n) is 5.31. The van der Waals surface area contributed by atoms with Crippen LogP contribution in [-0.2, 0) is 13.1 Å². The van der Waals surface area contributed by atoms with E-state index in [2.05, 4.69) is 25.8 Å². The number of hydrogen-bond donors (Lipinski definition) is 1. The fourth-order valence-electron chi connectivity index (χ4n) is 2.65. The minimum Gasteiger partial charge on any atom is -0.465 e. The van der Waals surface area contributed by atoms with Gasteiger partial charge in [-0.3, -0.25) is 4.90 Å². The molecule has 2 aromatic rings. The highest BCUT2D eigenvalue weighted by molar-refractivity contribution is 5.29. The molecular weight excluding hydrogens is 266 g/mol. The first-order valence-corrected chi connectivity index (χ1v) is 7.29. The topological polar surface area (TPSA) is 71.4 Å². The zero-order valence-corrected chi connectivity index (χ0v) is 12.3. The lowest BCUT2D eigenvalue weighted by Crippen LogP contribution is -2.46. The van der Waals surface area contributed by atoms with Crippen molar-refractivity contribution in [2.45, 2.75) is 20.0 Å². The maximum Gasteiger partial charge on any atom is 0.225 e. The van der Waals surface area contributed by atoms with E-state index in [0.717, 1.165) is 50.2 Å². The van der Waals surface area contributed by atoms with Crippen LogP contribution >= 0.6 is 0 Å². The second-order valence-corrected chi connectivity index (χ2v) is 5.31. The number of furan rings is 1. The van der Waals surface area contributed by atoms with Crippen LogP contribution in [0.25, 0.3) is 0 Å². The average Bonchev–Trinajstić information content (AvgIpc) is 2.89. The van der Waals surface area contributed by atoms with Gasteiger partial charge in [-0.15, -0.1) is 0 Å². The molecule has 1 saturated heterocycles. The lowest BCUT2D eigenvalue weighted by molar-refractivity contribution is 0.247. The lowest BCUT2D eigenvalue weighted by atomic mass is 10.2. The number of nitrogens with two attached hydrogens (primary N) is 1. The Morgan fingerprint density at radius 2 is 1.90 bits per heavy atom. The number of anilines is 1. The molecule has 3 heterocycles. The van der Waals surface area contributed by atoms with Crippen molar-refractivity contribution in [1.29, 1.82) is 0 Å². The quantitative estimate of drug-likeness (QED) is 0.910. The van der Waals surface area contributed by atoms with Gasteiger partial charge in [0.25, 0.3) is 0 Å². The minimum absolute atomic E-state index is 0.458. The second kappa shape index (κ2) is 6.24. The average molecular weight is 287 g/mol. The lowest BCUT2D eigenvalue weighted by Gasteiger charge is -2.34. The van der Waals surface area contributed by atoms with E-state index in [4.69, 9.17) is 10.2 Å². The molecular formula is C15H21N5O. The van der Waals surface area contributed by atoms with Crippen molar-refractivity contribution in [2.24, 2.45) is 5.73 Å². The molecule has 2 N–H and O–H groups in total. The van der Waals surface area contributed by atoms with E-state index in [1.165, 1.54) is 5.56 Å². The van der Waals surface area contributed by atoms with E-state index in [1.54, 1.807) is 12.4 Å². The third kappa shape index (κ3) is 3.22. The molecule has 0 bridgehead atoms. The molecule has 0 spiro atoms. The van der Waals surface area contributed by atoms with Crippen molar-refractivity contribution in [3.05, 3.63) is 41.6 Å². The molecule has 0 atom stereocenters. The zero-order valence-electron chi connectivity index (χ0n) is 12.3. The Kier molecular flexibility index (Phi) is 4.17. The third-order valence-electron chi connectivity index (χ3n) is 3.87. The van der Waals surface area contributed by atoms with E-state index in [9.17, 15) is 0 Å². The molecule has 0 amide bonds. The maximum atomic E-state index is 5.62. The van der Waals surface area contributed by atoms with Crippen molar-refractivity contribution >= 4 is 5.95 Å². The van der Waals surface area contributed by atoms with Gasteiger partial charge in [0, 0.05) is 50.7 Å². The van der Waals surface area contributed by atoms with Gasteiger partial charge in [-0.05, 0) is 19.1 Å². The van der Waals surface area contributed by atoms with Gasteiger partial charge in [0.05, 0.1) is 6.54 Å².